The summed E-state index contributed by atoms with van der Waals surface area (Å²) in [6, 6.07) is 9.25. The molecule has 3 nitrogen and oxygen atoms in total. The molecule has 0 aromatic heterocycles. The quantitative estimate of drug-likeness (QED) is 0.631. The third-order valence-corrected chi connectivity index (χ3v) is 2.27. The molecule has 0 N–H and O–H groups in total. The molecule has 0 saturated carbocycles. The summed E-state index contributed by atoms with van der Waals surface area (Å²) in [5.41, 5.74) is 1.51. The van der Waals surface area contributed by atoms with E-state index >= 15 is 0 Å². The van der Waals surface area contributed by atoms with Gasteiger partial charge in [-0.1, -0.05) is 12.1 Å². The molecule has 0 bridgehead atoms. The lowest BCUT2D eigenvalue weighted by atomic mass is 10.0. The van der Waals surface area contributed by atoms with E-state index in [1.807, 2.05) is 6.07 Å². The Labute approximate surface area is 81.9 Å². The molecule has 0 radical (unpaired) electrons. The fourth-order valence-electron chi connectivity index (χ4n) is 1.57. The Balaban J connectivity index is 2.24. The van der Waals surface area contributed by atoms with Crippen LogP contribution in [-0.4, -0.2) is 5.97 Å². The van der Waals surface area contributed by atoms with Crippen LogP contribution in [0.3, 0.4) is 0 Å². The summed E-state index contributed by atoms with van der Waals surface area (Å²) < 4.78 is 5.10. The van der Waals surface area contributed by atoms with E-state index in [0.29, 0.717) is 18.4 Å². The van der Waals surface area contributed by atoms with Gasteiger partial charge in [0.1, 0.15) is 6.10 Å². The van der Waals surface area contributed by atoms with Crippen molar-refractivity contribution in [3.63, 3.8) is 0 Å². The maximum Gasteiger partial charge on any atom is 0.306 e. The monoisotopic (exact) mass is 187 g/mol. The molecular weight excluding hydrogens is 178 g/mol. The van der Waals surface area contributed by atoms with Crippen LogP contribution in [-0.2, 0) is 9.53 Å². The Kier molecular flexibility index (Phi) is 2.19. The topological polar surface area (TPSA) is 50.1 Å². The summed E-state index contributed by atoms with van der Waals surface area (Å²) >= 11 is 0. The number of hydrogen-bond donors (Lipinski definition) is 0. The van der Waals surface area contributed by atoms with Crippen molar-refractivity contribution < 1.29 is 9.53 Å². The normalized spacial score (nSPS) is 20.2. The average Bonchev–Trinajstić information content (AvgIpc) is 2.65. The maximum absolute atomic E-state index is 10.9. The van der Waals surface area contributed by atoms with Gasteiger partial charge < -0.3 is 4.74 Å². The first kappa shape index (κ1) is 8.76. The standard InChI is InChI=1S/C11H9NO2/c12-7-8-2-1-3-9(6-8)10-4-5-11(13)14-10/h1-3,6,10H,4-5H2/t10-/m0/s1. The Morgan fingerprint density at radius 3 is 3.00 bits per heavy atom. The number of hydrogen-bond acceptors (Lipinski definition) is 3. The van der Waals surface area contributed by atoms with Gasteiger partial charge in [0.05, 0.1) is 11.6 Å². The molecule has 1 aliphatic rings. The molecule has 0 aliphatic carbocycles. The zero-order valence-corrected chi connectivity index (χ0v) is 7.56. The molecule has 70 valence electrons. The Morgan fingerprint density at radius 1 is 1.50 bits per heavy atom. The first-order valence-electron chi connectivity index (χ1n) is 4.49. The lowest BCUT2D eigenvalue weighted by molar-refractivity contribution is -0.141. The second-order valence-corrected chi connectivity index (χ2v) is 3.25. The SMILES string of the molecule is N#Cc1cccc([C@@H]2CCC(=O)O2)c1. The summed E-state index contributed by atoms with van der Waals surface area (Å²) in [5, 5.41) is 8.70. The van der Waals surface area contributed by atoms with Crippen LogP contribution in [0.1, 0.15) is 30.1 Å². The number of ether oxygens (including phenoxy) is 1. The van der Waals surface area contributed by atoms with E-state index in [1.165, 1.54) is 0 Å². The number of benzene rings is 1. The molecule has 0 amide bonds. The summed E-state index contributed by atoms with van der Waals surface area (Å²) in [7, 11) is 0. The number of esters is 1. The van der Waals surface area contributed by atoms with E-state index in [9.17, 15) is 4.79 Å². The molecule has 14 heavy (non-hydrogen) atoms. The second-order valence-electron chi connectivity index (χ2n) is 3.25. The van der Waals surface area contributed by atoms with Crippen molar-refractivity contribution in [3.05, 3.63) is 35.4 Å². The number of nitriles is 1. The van der Waals surface area contributed by atoms with Crippen molar-refractivity contribution in [2.45, 2.75) is 18.9 Å². The van der Waals surface area contributed by atoms with Crippen LogP contribution in [0.5, 0.6) is 0 Å². The van der Waals surface area contributed by atoms with Gasteiger partial charge in [-0.2, -0.15) is 5.26 Å². The first-order valence-corrected chi connectivity index (χ1v) is 4.49. The summed E-state index contributed by atoms with van der Waals surface area (Å²) in [4.78, 5) is 10.9. The van der Waals surface area contributed by atoms with E-state index in [4.69, 9.17) is 10.00 Å². The molecular formula is C11H9NO2. The Morgan fingerprint density at radius 2 is 2.36 bits per heavy atom. The summed E-state index contributed by atoms with van der Waals surface area (Å²) in [5.74, 6) is -0.155. The van der Waals surface area contributed by atoms with E-state index < -0.39 is 0 Å². The molecule has 1 saturated heterocycles. The van der Waals surface area contributed by atoms with Gasteiger partial charge in [-0.25, -0.2) is 0 Å². The third kappa shape index (κ3) is 1.60. The van der Waals surface area contributed by atoms with Crippen molar-refractivity contribution >= 4 is 5.97 Å². The highest BCUT2D eigenvalue weighted by molar-refractivity contribution is 5.71. The average molecular weight is 187 g/mol. The fraction of sp³-hybridized carbons (Fsp3) is 0.273. The van der Waals surface area contributed by atoms with Gasteiger partial charge in [-0.15, -0.1) is 0 Å². The smallest absolute Gasteiger partial charge is 0.306 e. The molecule has 1 heterocycles. The van der Waals surface area contributed by atoms with E-state index in [2.05, 4.69) is 6.07 Å². The van der Waals surface area contributed by atoms with Crippen LogP contribution < -0.4 is 0 Å². The van der Waals surface area contributed by atoms with Gasteiger partial charge >= 0.3 is 5.97 Å². The van der Waals surface area contributed by atoms with Gasteiger partial charge in [0.25, 0.3) is 0 Å². The number of carbonyl (C=O) groups excluding carboxylic acids is 1. The molecule has 1 fully saturated rings. The second kappa shape index (κ2) is 3.51. The minimum Gasteiger partial charge on any atom is -0.457 e. The van der Waals surface area contributed by atoms with E-state index in [0.717, 1.165) is 5.56 Å². The van der Waals surface area contributed by atoms with Gasteiger partial charge in [0.2, 0.25) is 0 Å². The molecule has 2 rings (SSSR count). The number of rotatable bonds is 1. The van der Waals surface area contributed by atoms with Crippen molar-refractivity contribution in [1.82, 2.24) is 0 Å². The molecule has 3 heteroatoms. The fourth-order valence-corrected chi connectivity index (χ4v) is 1.57. The van der Waals surface area contributed by atoms with Gasteiger partial charge in [-0.3, -0.25) is 4.79 Å². The zero-order chi connectivity index (χ0) is 9.97. The summed E-state index contributed by atoms with van der Waals surface area (Å²) in [6.45, 7) is 0. The number of carbonyl (C=O) groups is 1. The molecule has 1 aromatic rings. The van der Waals surface area contributed by atoms with E-state index in [-0.39, 0.29) is 12.1 Å². The van der Waals surface area contributed by atoms with Crippen LogP contribution in [0, 0.1) is 11.3 Å². The van der Waals surface area contributed by atoms with Crippen molar-refractivity contribution in [1.29, 1.82) is 5.26 Å². The molecule has 1 aliphatic heterocycles. The van der Waals surface area contributed by atoms with E-state index in [1.54, 1.807) is 18.2 Å². The van der Waals surface area contributed by atoms with Gasteiger partial charge in [-0.05, 0) is 24.1 Å². The highest BCUT2D eigenvalue weighted by atomic mass is 16.5. The van der Waals surface area contributed by atoms with Crippen LogP contribution in [0.4, 0.5) is 0 Å². The van der Waals surface area contributed by atoms with Crippen LogP contribution >= 0.6 is 0 Å². The highest BCUT2D eigenvalue weighted by Gasteiger charge is 2.24. The maximum atomic E-state index is 10.9. The first-order chi connectivity index (χ1) is 6.79. The Bertz CT molecular complexity index is 406. The van der Waals surface area contributed by atoms with Gasteiger partial charge in [0.15, 0.2) is 0 Å². The highest BCUT2D eigenvalue weighted by Crippen LogP contribution is 2.29. The predicted molar refractivity (Wildman–Crippen MR) is 49.2 cm³/mol. The lowest BCUT2D eigenvalue weighted by Crippen LogP contribution is -1.98. The molecule has 1 aromatic carbocycles. The number of cyclic esters (lactones) is 1. The Hall–Kier alpha value is -1.82. The molecule has 0 spiro atoms. The number of nitrogens with zero attached hydrogens (tertiary/aromatic N) is 1. The predicted octanol–water partition coefficient (Wildman–Crippen LogP) is 1.94. The molecule has 0 unspecified atom stereocenters. The summed E-state index contributed by atoms with van der Waals surface area (Å²) in [6.07, 6.45) is 1.03. The van der Waals surface area contributed by atoms with Crippen LogP contribution in [0.25, 0.3) is 0 Å². The molecule has 1 atom stereocenters. The van der Waals surface area contributed by atoms with Crippen LogP contribution in [0.15, 0.2) is 24.3 Å². The minimum absolute atomic E-state index is 0.155. The van der Waals surface area contributed by atoms with Crippen molar-refractivity contribution in [2.75, 3.05) is 0 Å². The van der Waals surface area contributed by atoms with Gasteiger partial charge in [0, 0.05) is 6.42 Å². The van der Waals surface area contributed by atoms with Crippen molar-refractivity contribution in [2.24, 2.45) is 0 Å². The minimum atomic E-state index is -0.157. The third-order valence-electron chi connectivity index (χ3n) is 2.27. The lowest BCUT2D eigenvalue weighted by Gasteiger charge is -2.08. The zero-order valence-electron chi connectivity index (χ0n) is 7.56. The van der Waals surface area contributed by atoms with Crippen molar-refractivity contribution in [3.8, 4) is 6.07 Å². The van der Waals surface area contributed by atoms with Crippen LogP contribution in [0.2, 0.25) is 0 Å². The largest absolute Gasteiger partial charge is 0.457 e.